The van der Waals surface area contributed by atoms with Crippen LogP contribution in [0.1, 0.15) is 0 Å². The maximum atomic E-state index is 3.78. The van der Waals surface area contributed by atoms with Gasteiger partial charge in [0.2, 0.25) is 0 Å². The van der Waals surface area contributed by atoms with Crippen molar-refractivity contribution in [2.45, 2.75) is 0 Å². The highest BCUT2D eigenvalue weighted by molar-refractivity contribution is 6.10. The molecule has 0 aliphatic carbocycles. The molecule has 0 spiro atoms. The average molecular weight is 537 g/mol. The number of anilines is 2. The Hall–Kier alpha value is -5.60. The molecule has 0 radical (unpaired) electrons. The topological polar surface area (TPSA) is 17.0 Å². The van der Waals surface area contributed by atoms with Crippen LogP contribution in [0.25, 0.3) is 60.5 Å². The lowest BCUT2D eigenvalue weighted by Gasteiger charge is -2.17. The van der Waals surface area contributed by atoms with Gasteiger partial charge in [0.05, 0.1) is 11.0 Å². The first-order valence-electron chi connectivity index (χ1n) is 14.4. The predicted molar refractivity (Wildman–Crippen MR) is 179 cm³/mol. The Bertz CT molecular complexity index is 2160. The van der Waals surface area contributed by atoms with Crippen LogP contribution in [0.4, 0.5) is 11.4 Å². The largest absolute Gasteiger partial charge is 0.355 e. The third kappa shape index (κ3) is 4.05. The molecule has 1 heterocycles. The molecule has 0 aliphatic heterocycles. The van der Waals surface area contributed by atoms with Crippen molar-refractivity contribution >= 4 is 44.0 Å². The zero-order valence-electron chi connectivity index (χ0n) is 23.0. The Morgan fingerprint density at radius 3 is 1.79 bits per heavy atom. The summed E-state index contributed by atoms with van der Waals surface area (Å²) in [4.78, 5) is 0. The summed E-state index contributed by atoms with van der Waals surface area (Å²) in [7, 11) is 0. The first-order chi connectivity index (χ1) is 20.8. The fourth-order valence-corrected chi connectivity index (χ4v) is 6.33. The molecule has 0 atom stereocenters. The number of hydrogen-bond acceptors (Lipinski definition) is 1. The molecule has 198 valence electrons. The van der Waals surface area contributed by atoms with Crippen molar-refractivity contribution in [2.24, 2.45) is 0 Å². The molecule has 8 rings (SSSR count). The van der Waals surface area contributed by atoms with Crippen molar-refractivity contribution in [3.63, 3.8) is 0 Å². The molecule has 0 aliphatic rings. The first kappa shape index (κ1) is 24.2. The second kappa shape index (κ2) is 10.1. The molecule has 1 aromatic heterocycles. The van der Waals surface area contributed by atoms with Gasteiger partial charge in [-0.25, -0.2) is 0 Å². The number of nitrogens with zero attached hydrogens (tertiary/aromatic N) is 1. The van der Waals surface area contributed by atoms with Crippen molar-refractivity contribution in [3.8, 4) is 27.9 Å². The minimum Gasteiger partial charge on any atom is -0.355 e. The lowest BCUT2D eigenvalue weighted by Crippen LogP contribution is -1.97. The summed E-state index contributed by atoms with van der Waals surface area (Å²) in [5.74, 6) is 0. The van der Waals surface area contributed by atoms with E-state index in [1.165, 1.54) is 54.8 Å². The van der Waals surface area contributed by atoms with Gasteiger partial charge in [-0.15, -0.1) is 0 Å². The van der Waals surface area contributed by atoms with Crippen molar-refractivity contribution in [3.05, 3.63) is 164 Å². The summed E-state index contributed by atoms with van der Waals surface area (Å²) < 4.78 is 2.36. The van der Waals surface area contributed by atoms with Crippen LogP contribution < -0.4 is 5.32 Å². The van der Waals surface area contributed by atoms with Crippen LogP contribution in [0.3, 0.4) is 0 Å². The predicted octanol–water partition coefficient (Wildman–Crippen LogP) is 11.0. The monoisotopic (exact) mass is 536 g/mol. The summed E-state index contributed by atoms with van der Waals surface area (Å²) in [6.45, 7) is 0. The van der Waals surface area contributed by atoms with Gasteiger partial charge in [-0.3, -0.25) is 0 Å². The molecule has 0 unspecified atom stereocenters. The van der Waals surface area contributed by atoms with Gasteiger partial charge in [0.25, 0.3) is 0 Å². The standard InChI is InChI=1S/C40H28N2/c1-2-13-28(14-3-1)32-22-10-15-29-16-11-23-36(40(29)32)33-19-4-7-24-37(33)41-30-17-12-18-31(27-30)42-38-25-8-5-20-34(38)35-21-6-9-26-39(35)42/h1-27,41H. The first-order valence-corrected chi connectivity index (χ1v) is 14.4. The maximum Gasteiger partial charge on any atom is 0.0541 e. The molecule has 0 saturated heterocycles. The van der Waals surface area contributed by atoms with Gasteiger partial charge in [0.15, 0.2) is 0 Å². The quantitative estimate of drug-likeness (QED) is 0.231. The maximum absolute atomic E-state index is 3.78. The third-order valence-corrected chi connectivity index (χ3v) is 8.17. The molecule has 1 N–H and O–H groups in total. The van der Waals surface area contributed by atoms with Crippen LogP contribution in [0.2, 0.25) is 0 Å². The van der Waals surface area contributed by atoms with Crippen LogP contribution in [0.5, 0.6) is 0 Å². The summed E-state index contributed by atoms with van der Waals surface area (Å²) in [5.41, 5.74) is 10.5. The minimum absolute atomic E-state index is 1.05. The number of rotatable bonds is 5. The summed E-state index contributed by atoms with van der Waals surface area (Å²) in [6.07, 6.45) is 0. The molecule has 2 heteroatoms. The van der Waals surface area contributed by atoms with Crippen molar-refractivity contribution < 1.29 is 0 Å². The molecule has 42 heavy (non-hydrogen) atoms. The fraction of sp³-hybridized carbons (Fsp3) is 0. The smallest absolute Gasteiger partial charge is 0.0541 e. The molecular weight excluding hydrogens is 508 g/mol. The summed E-state index contributed by atoms with van der Waals surface area (Å²) >= 11 is 0. The second-order valence-corrected chi connectivity index (χ2v) is 10.7. The van der Waals surface area contributed by atoms with E-state index in [-0.39, 0.29) is 0 Å². The van der Waals surface area contributed by atoms with Gasteiger partial charge in [-0.2, -0.15) is 0 Å². The second-order valence-electron chi connectivity index (χ2n) is 10.7. The molecule has 7 aromatic carbocycles. The number of nitrogens with one attached hydrogen (secondary N) is 1. The normalized spacial score (nSPS) is 11.3. The van der Waals surface area contributed by atoms with Gasteiger partial charge >= 0.3 is 0 Å². The van der Waals surface area contributed by atoms with Gasteiger partial charge in [-0.1, -0.05) is 127 Å². The van der Waals surface area contributed by atoms with Crippen LogP contribution in [0, 0.1) is 0 Å². The van der Waals surface area contributed by atoms with Crippen LogP contribution in [0.15, 0.2) is 164 Å². The molecule has 0 bridgehead atoms. The van der Waals surface area contributed by atoms with E-state index in [1.807, 2.05) is 0 Å². The molecule has 0 amide bonds. The van der Waals surface area contributed by atoms with Crippen LogP contribution in [-0.2, 0) is 0 Å². The summed E-state index contributed by atoms with van der Waals surface area (Å²) in [6, 6.07) is 58.5. The lowest BCUT2D eigenvalue weighted by atomic mass is 9.91. The molecule has 0 fully saturated rings. The SMILES string of the molecule is c1ccc(-c2cccc3cccc(-c4ccccc4Nc4cccc(-n5c6ccccc6c6ccccc65)c4)c23)cc1. The Morgan fingerprint density at radius 1 is 0.429 bits per heavy atom. The zero-order valence-corrected chi connectivity index (χ0v) is 23.0. The Labute approximate surface area is 245 Å². The average Bonchev–Trinajstić information content (AvgIpc) is 3.40. The summed E-state index contributed by atoms with van der Waals surface area (Å²) in [5, 5.41) is 8.81. The van der Waals surface area contributed by atoms with Crippen molar-refractivity contribution in [1.29, 1.82) is 0 Å². The number of hydrogen-bond donors (Lipinski definition) is 1. The molecule has 8 aromatic rings. The van der Waals surface area contributed by atoms with Crippen molar-refractivity contribution in [1.82, 2.24) is 4.57 Å². The van der Waals surface area contributed by atoms with E-state index in [0.29, 0.717) is 0 Å². The van der Waals surface area contributed by atoms with E-state index in [0.717, 1.165) is 17.1 Å². The van der Waals surface area contributed by atoms with Gasteiger partial charge in [0.1, 0.15) is 0 Å². The Morgan fingerprint density at radius 2 is 1.02 bits per heavy atom. The lowest BCUT2D eigenvalue weighted by molar-refractivity contribution is 1.18. The highest BCUT2D eigenvalue weighted by atomic mass is 15.0. The Kier molecular flexibility index (Phi) is 5.82. The van der Waals surface area contributed by atoms with E-state index in [2.05, 4.69) is 174 Å². The zero-order chi connectivity index (χ0) is 27.9. The number of aromatic nitrogens is 1. The molecule has 0 saturated carbocycles. The molecular formula is C40H28N2. The van der Waals surface area contributed by atoms with Crippen LogP contribution >= 0.6 is 0 Å². The number of fused-ring (bicyclic) bond motifs is 4. The van der Waals surface area contributed by atoms with Gasteiger partial charge in [0, 0.05) is 33.4 Å². The Balaban J connectivity index is 1.26. The highest BCUT2D eigenvalue weighted by Crippen LogP contribution is 2.40. The van der Waals surface area contributed by atoms with Crippen LogP contribution in [-0.4, -0.2) is 4.57 Å². The van der Waals surface area contributed by atoms with E-state index < -0.39 is 0 Å². The van der Waals surface area contributed by atoms with Crippen molar-refractivity contribution in [2.75, 3.05) is 5.32 Å². The number of para-hydroxylation sites is 3. The minimum atomic E-state index is 1.05. The third-order valence-electron chi connectivity index (χ3n) is 8.17. The fourth-order valence-electron chi connectivity index (χ4n) is 6.33. The van der Waals surface area contributed by atoms with E-state index in [4.69, 9.17) is 0 Å². The van der Waals surface area contributed by atoms with Gasteiger partial charge in [-0.05, 0) is 63.9 Å². The van der Waals surface area contributed by atoms with Gasteiger partial charge < -0.3 is 9.88 Å². The number of benzene rings is 7. The van der Waals surface area contributed by atoms with E-state index in [1.54, 1.807) is 0 Å². The van der Waals surface area contributed by atoms with E-state index >= 15 is 0 Å². The molecule has 2 nitrogen and oxygen atoms in total. The van der Waals surface area contributed by atoms with E-state index in [9.17, 15) is 0 Å². The highest BCUT2D eigenvalue weighted by Gasteiger charge is 2.14.